The van der Waals surface area contributed by atoms with E-state index >= 15 is 0 Å². The molecule has 0 atom stereocenters. The van der Waals surface area contributed by atoms with Gasteiger partial charge >= 0.3 is 0 Å². The molecular weight excluding hydrogens is 498 g/mol. The Kier molecular flexibility index (Phi) is 6.38. The Morgan fingerprint density at radius 1 is 0.921 bits per heavy atom. The molecule has 0 saturated heterocycles. The zero-order valence-electron chi connectivity index (χ0n) is 20.8. The Bertz CT molecular complexity index is 1640. The number of pyridine rings is 1. The van der Waals surface area contributed by atoms with Gasteiger partial charge in [0, 0.05) is 22.3 Å². The van der Waals surface area contributed by atoms with Gasteiger partial charge in [-0.15, -0.1) is 16.4 Å². The molecular formula is C28H25N7O2S. The molecule has 0 unspecified atom stereocenters. The molecule has 1 aliphatic carbocycles. The molecule has 5 aromatic rings. The number of hydrogen-bond donors (Lipinski definition) is 2. The maximum Gasteiger partial charge on any atom is 0.296 e. The van der Waals surface area contributed by atoms with Crippen LogP contribution in [0, 0.1) is 6.92 Å². The number of nitrogens with zero attached hydrogens (tertiary/aromatic N) is 5. The maximum atomic E-state index is 13.4. The summed E-state index contributed by atoms with van der Waals surface area (Å²) in [4.78, 5) is 41.1. The zero-order chi connectivity index (χ0) is 26.1. The molecule has 4 heterocycles. The summed E-state index contributed by atoms with van der Waals surface area (Å²) < 4.78 is 1.58. The number of anilines is 2. The van der Waals surface area contributed by atoms with Crippen LogP contribution in [-0.2, 0) is 12.8 Å². The second-order valence-electron chi connectivity index (χ2n) is 9.19. The number of carbonyl (C=O) groups is 2. The van der Waals surface area contributed by atoms with Crippen molar-refractivity contribution in [3.8, 4) is 11.3 Å². The van der Waals surface area contributed by atoms with Gasteiger partial charge in [-0.05, 0) is 56.4 Å². The summed E-state index contributed by atoms with van der Waals surface area (Å²) in [6, 6.07) is 17.0. The minimum atomic E-state index is -0.490. The average Bonchev–Trinajstić information content (AvgIpc) is 3.42. The molecule has 10 heteroatoms. The Labute approximate surface area is 223 Å². The molecule has 38 heavy (non-hydrogen) atoms. The number of rotatable bonds is 5. The lowest BCUT2D eigenvalue weighted by atomic mass is 10.0. The molecule has 1 aromatic carbocycles. The van der Waals surface area contributed by atoms with E-state index < -0.39 is 5.91 Å². The second-order valence-corrected chi connectivity index (χ2v) is 10.3. The minimum absolute atomic E-state index is 0.0139. The van der Waals surface area contributed by atoms with Crippen LogP contribution in [0.15, 0.2) is 60.8 Å². The first-order chi connectivity index (χ1) is 18.6. The third-order valence-corrected chi connectivity index (χ3v) is 7.70. The molecule has 2 amide bonds. The molecule has 2 N–H and O–H groups in total. The largest absolute Gasteiger partial charge is 0.310 e. The molecule has 6 rings (SSSR count). The van der Waals surface area contributed by atoms with E-state index in [0.29, 0.717) is 22.2 Å². The standard InChI is InChI=1S/C28H25N7O2S/c1-17-16-20(18-10-4-2-5-11-18)35-28(30-17)32-24(34-35)26(37)33-27-23(19-12-6-3-7-13-21(19)38-27)25(36)31-22-14-8-9-15-29-22/h2,4-5,8-11,14-16H,3,6-7,12-13H2,1H3,(H,33,37)(H,29,31,36). The van der Waals surface area contributed by atoms with Crippen LogP contribution >= 0.6 is 11.3 Å². The average molecular weight is 524 g/mol. The fourth-order valence-corrected chi connectivity index (χ4v) is 6.02. The number of hydrogen-bond acceptors (Lipinski definition) is 7. The quantitative estimate of drug-likeness (QED) is 0.301. The van der Waals surface area contributed by atoms with Crippen LogP contribution in [0.5, 0.6) is 0 Å². The normalized spacial score (nSPS) is 13.1. The van der Waals surface area contributed by atoms with E-state index in [1.165, 1.54) is 11.3 Å². The van der Waals surface area contributed by atoms with Crippen LogP contribution in [-0.4, -0.2) is 36.4 Å². The van der Waals surface area contributed by atoms with E-state index in [9.17, 15) is 9.59 Å². The van der Waals surface area contributed by atoms with Crippen LogP contribution in [0.2, 0.25) is 0 Å². The highest BCUT2D eigenvalue weighted by Gasteiger charge is 2.27. The van der Waals surface area contributed by atoms with Crippen LogP contribution in [0.4, 0.5) is 10.8 Å². The first-order valence-electron chi connectivity index (χ1n) is 12.5. The summed E-state index contributed by atoms with van der Waals surface area (Å²) in [7, 11) is 0. The van der Waals surface area contributed by atoms with Crippen molar-refractivity contribution in [1.29, 1.82) is 0 Å². The summed E-state index contributed by atoms with van der Waals surface area (Å²) >= 11 is 1.46. The molecule has 0 aliphatic heterocycles. The Hall–Kier alpha value is -4.44. The van der Waals surface area contributed by atoms with Crippen LogP contribution in [0.3, 0.4) is 0 Å². The van der Waals surface area contributed by atoms with Gasteiger partial charge < -0.3 is 10.6 Å². The molecule has 4 aromatic heterocycles. The third kappa shape index (κ3) is 4.66. The number of aromatic nitrogens is 5. The molecule has 0 spiro atoms. The topological polar surface area (TPSA) is 114 Å². The van der Waals surface area contributed by atoms with Crippen LogP contribution < -0.4 is 10.6 Å². The highest BCUT2D eigenvalue weighted by Crippen LogP contribution is 2.38. The van der Waals surface area contributed by atoms with Crippen molar-refractivity contribution in [3.63, 3.8) is 0 Å². The van der Waals surface area contributed by atoms with Gasteiger partial charge in [0.2, 0.25) is 5.82 Å². The fraction of sp³-hybridized carbons (Fsp3) is 0.214. The fourth-order valence-electron chi connectivity index (χ4n) is 4.74. The van der Waals surface area contributed by atoms with Crippen molar-refractivity contribution >= 4 is 39.7 Å². The molecule has 1 aliphatic rings. The van der Waals surface area contributed by atoms with Gasteiger partial charge in [-0.2, -0.15) is 9.50 Å². The van der Waals surface area contributed by atoms with Crippen LogP contribution in [0.1, 0.15) is 56.4 Å². The number of nitrogens with one attached hydrogen (secondary N) is 2. The van der Waals surface area contributed by atoms with Gasteiger partial charge in [-0.25, -0.2) is 9.97 Å². The van der Waals surface area contributed by atoms with Gasteiger partial charge in [0.15, 0.2) is 0 Å². The SMILES string of the molecule is Cc1cc(-c2ccccc2)n2nc(C(=O)Nc3sc4c(c3C(=O)Nc3ccccn3)CCCCC4)nc2n1. The van der Waals surface area contributed by atoms with Gasteiger partial charge in [0.1, 0.15) is 10.8 Å². The summed E-state index contributed by atoms with van der Waals surface area (Å²) in [5, 5.41) is 10.8. The zero-order valence-corrected chi connectivity index (χ0v) is 21.6. The molecule has 9 nitrogen and oxygen atoms in total. The monoisotopic (exact) mass is 523 g/mol. The van der Waals surface area contributed by atoms with E-state index in [2.05, 4.69) is 30.7 Å². The molecule has 0 saturated carbocycles. The van der Waals surface area contributed by atoms with E-state index in [0.717, 1.165) is 59.5 Å². The first kappa shape index (κ1) is 23.9. The van der Waals surface area contributed by atoms with Gasteiger partial charge in [-0.3, -0.25) is 9.59 Å². The van der Waals surface area contributed by atoms with Crippen molar-refractivity contribution < 1.29 is 9.59 Å². The Morgan fingerprint density at radius 2 is 1.74 bits per heavy atom. The van der Waals surface area contributed by atoms with E-state index in [1.54, 1.807) is 22.8 Å². The summed E-state index contributed by atoms with van der Waals surface area (Å²) in [6.07, 6.45) is 6.48. The summed E-state index contributed by atoms with van der Waals surface area (Å²) in [6.45, 7) is 1.88. The smallest absolute Gasteiger partial charge is 0.296 e. The van der Waals surface area contributed by atoms with Crippen molar-refractivity contribution in [2.45, 2.75) is 39.0 Å². The highest BCUT2D eigenvalue weighted by molar-refractivity contribution is 7.17. The Morgan fingerprint density at radius 3 is 2.55 bits per heavy atom. The van der Waals surface area contributed by atoms with Crippen LogP contribution in [0.25, 0.3) is 17.0 Å². The van der Waals surface area contributed by atoms with E-state index in [-0.39, 0.29) is 11.7 Å². The maximum absolute atomic E-state index is 13.4. The highest BCUT2D eigenvalue weighted by atomic mass is 32.1. The predicted octanol–water partition coefficient (Wildman–Crippen LogP) is 5.33. The lowest BCUT2D eigenvalue weighted by Crippen LogP contribution is -2.19. The number of aryl methyl sites for hydroxylation is 2. The number of thiophene rings is 1. The van der Waals surface area contributed by atoms with Crippen molar-refractivity contribution in [1.82, 2.24) is 24.6 Å². The lowest BCUT2D eigenvalue weighted by Gasteiger charge is -2.09. The van der Waals surface area contributed by atoms with Gasteiger partial charge in [0.25, 0.3) is 17.6 Å². The van der Waals surface area contributed by atoms with Gasteiger partial charge in [-0.1, -0.05) is 42.8 Å². The molecule has 0 bridgehead atoms. The van der Waals surface area contributed by atoms with E-state index in [4.69, 9.17) is 0 Å². The first-order valence-corrected chi connectivity index (χ1v) is 13.4. The number of benzene rings is 1. The van der Waals surface area contributed by atoms with Gasteiger partial charge in [0.05, 0.1) is 11.3 Å². The number of carbonyl (C=O) groups excluding carboxylic acids is 2. The van der Waals surface area contributed by atoms with Crippen molar-refractivity contribution in [3.05, 3.63) is 88.3 Å². The van der Waals surface area contributed by atoms with E-state index in [1.807, 2.05) is 49.4 Å². The minimum Gasteiger partial charge on any atom is -0.310 e. The molecule has 0 radical (unpaired) electrons. The summed E-state index contributed by atoms with van der Waals surface area (Å²) in [5.41, 5.74) is 4.00. The Balaban J connectivity index is 1.35. The number of amides is 2. The number of fused-ring (bicyclic) bond motifs is 2. The molecule has 190 valence electrons. The third-order valence-electron chi connectivity index (χ3n) is 6.49. The summed E-state index contributed by atoms with van der Waals surface area (Å²) in [5.74, 6) is 0.00442. The predicted molar refractivity (Wildman–Crippen MR) is 147 cm³/mol. The van der Waals surface area contributed by atoms with Crippen molar-refractivity contribution in [2.75, 3.05) is 10.6 Å². The molecule has 0 fully saturated rings. The lowest BCUT2D eigenvalue weighted by molar-refractivity contribution is 0.101. The van der Waals surface area contributed by atoms with Crippen molar-refractivity contribution in [2.24, 2.45) is 0 Å². The second kappa shape index (κ2) is 10.1.